The Bertz CT molecular complexity index is 702. The highest BCUT2D eigenvalue weighted by Gasteiger charge is 2.13. The lowest BCUT2D eigenvalue weighted by Crippen LogP contribution is -2.09. The maximum atomic E-state index is 9.81. The van der Waals surface area contributed by atoms with E-state index in [0.717, 1.165) is 17.1 Å². The minimum absolute atomic E-state index is 0.132. The standard InChI is InChI=1S/C19H17NO2/c1-22-19-14-17(12-13-18(19)21)20(15-8-4-2-5-9-15)16-10-6-3-7-11-16/h2-14,21H,1H3. The molecule has 0 fully saturated rings. The number of rotatable bonds is 4. The van der Waals surface area contributed by atoms with Crippen molar-refractivity contribution in [3.8, 4) is 11.5 Å². The van der Waals surface area contributed by atoms with E-state index in [4.69, 9.17) is 4.74 Å². The Kier molecular flexibility index (Phi) is 3.97. The van der Waals surface area contributed by atoms with E-state index in [9.17, 15) is 5.11 Å². The molecule has 3 aromatic carbocycles. The van der Waals surface area contributed by atoms with Gasteiger partial charge >= 0.3 is 0 Å². The van der Waals surface area contributed by atoms with Crippen LogP contribution < -0.4 is 9.64 Å². The summed E-state index contributed by atoms with van der Waals surface area (Å²) in [4.78, 5) is 2.11. The first-order valence-corrected chi connectivity index (χ1v) is 7.07. The van der Waals surface area contributed by atoms with Crippen LogP contribution in [0.3, 0.4) is 0 Å². The Morgan fingerprint density at radius 3 is 1.77 bits per heavy atom. The van der Waals surface area contributed by atoms with Gasteiger partial charge in [-0.25, -0.2) is 0 Å². The highest BCUT2D eigenvalue weighted by Crippen LogP contribution is 2.38. The zero-order chi connectivity index (χ0) is 15.4. The molecule has 3 aromatic rings. The summed E-state index contributed by atoms with van der Waals surface area (Å²) in [5.41, 5.74) is 3.01. The normalized spacial score (nSPS) is 10.2. The summed E-state index contributed by atoms with van der Waals surface area (Å²) in [6.45, 7) is 0. The van der Waals surface area contributed by atoms with Crippen LogP contribution in [-0.4, -0.2) is 12.2 Å². The number of methoxy groups -OCH3 is 1. The van der Waals surface area contributed by atoms with Gasteiger partial charge in [-0.05, 0) is 36.4 Å². The number of ether oxygens (including phenoxy) is 1. The number of hydrogen-bond donors (Lipinski definition) is 1. The van der Waals surface area contributed by atoms with E-state index in [1.54, 1.807) is 13.2 Å². The van der Waals surface area contributed by atoms with E-state index in [0.29, 0.717) is 5.75 Å². The first-order chi connectivity index (χ1) is 10.8. The van der Waals surface area contributed by atoms with Crippen molar-refractivity contribution in [1.29, 1.82) is 0 Å². The maximum Gasteiger partial charge on any atom is 0.162 e. The van der Waals surface area contributed by atoms with E-state index in [-0.39, 0.29) is 5.75 Å². The summed E-state index contributed by atoms with van der Waals surface area (Å²) >= 11 is 0. The smallest absolute Gasteiger partial charge is 0.162 e. The van der Waals surface area contributed by atoms with Gasteiger partial charge < -0.3 is 14.7 Å². The molecule has 3 heteroatoms. The van der Waals surface area contributed by atoms with Crippen LogP contribution in [0.25, 0.3) is 0 Å². The minimum atomic E-state index is 0.132. The molecule has 0 atom stereocenters. The SMILES string of the molecule is COc1cc(N(c2ccccc2)c2ccccc2)ccc1O. The van der Waals surface area contributed by atoms with E-state index >= 15 is 0 Å². The van der Waals surface area contributed by atoms with Crippen molar-refractivity contribution in [3.05, 3.63) is 78.9 Å². The fraction of sp³-hybridized carbons (Fsp3) is 0.0526. The van der Waals surface area contributed by atoms with Crippen LogP contribution >= 0.6 is 0 Å². The van der Waals surface area contributed by atoms with E-state index in [1.807, 2.05) is 72.8 Å². The topological polar surface area (TPSA) is 32.7 Å². The van der Waals surface area contributed by atoms with Crippen LogP contribution in [0.15, 0.2) is 78.9 Å². The molecule has 3 nitrogen and oxygen atoms in total. The number of benzene rings is 3. The predicted molar refractivity (Wildman–Crippen MR) is 89.3 cm³/mol. The van der Waals surface area contributed by atoms with E-state index in [1.165, 1.54) is 0 Å². The summed E-state index contributed by atoms with van der Waals surface area (Å²) in [7, 11) is 1.55. The van der Waals surface area contributed by atoms with Crippen molar-refractivity contribution in [3.63, 3.8) is 0 Å². The lowest BCUT2D eigenvalue weighted by Gasteiger charge is -2.25. The lowest BCUT2D eigenvalue weighted by molar-refractivity contribution is 0.373. The summed E-state index contributed by atoms with van der Waals surface area (Å²) in [6.07, 6.45) is 0. The Hall–Kier alpha value is -2.94. The molecule has 0 saturated heterocycles. The molecule has 0 aliphatic heterocycles. The number of hydrogen-bond acceptors (Lipinski definition) is 3. The Labute approximate surface area is 130 Å². The zero-order valence-electron chi connectivity index (χ0n) is 12.3. The number of nitrogens with zero attached hydrogens (tertiary/aromatic N) is 1. The van der Waals surface area contributed by atoms with Gasteiger partial charge in [0.15, 0.2) is 11.5 Å². The van der Waals surface area contributed by atoms with Crippen molar-refractivity contribution in [2.45, 2.75) is 0 Å². The van der Waals surface area contributed by atoms with Crippen molar-refractivity contribution < 1.29 is 9.84 Å². The summed E-state index contributed by atoms with van der Waals surface area (Å²) in [5.74, 6) is 0.585. The second-order valence-corrected chi connectivity index (χ2v) is 4.86. The third kappa shape index (κ3) is 2.74. The molecule has 22 heavy (non-hydrogen) atoms. The van der Waals surface area contributed by atoms with Crippen molar-refractivity contribution in [1.82, 2.24) is 0 Å². The molecule has 0 heterocycles. The third-order valence-corrected chi connectivity index (χ3v) is 3.45. The van der Waals surface area contributed by atoms with Gasteiger partial charge in [-0.15, -0.1) is 0 Å². The number of anilines is 3. The summed E-state index contributed by atoms with van der Waals surface area (Å²) in [5, 5.41) is 9.81. The molecule has 1 N–H and O–H groups in total. The van der Waals surface area contributed by atoms with Crippen molar-refractivity contribution >= 4 is 17.1 Å². The molecule has 110 valence electrons. The van der Waals surface area contributed by atoms with Crippen molar-refractivity contribution in [2.24, 2.45) is 0 Å². The molecule has 0 aromatic heterocycles. The predicted octanol–water partition coefficient (Wildman–Crippen LogP) is 4.87. The van der Waals surface area contributed by atoms with Gasteiger partial charge in [0, 0.05) is 17.4 Å². The van der Waals surface area contributed by atoms with Gasteiger partial charge in [0.25, 0.3) is 0 Å². The van der Waals surface area contributed by atoms with Gasteiger partial charge in [0.2, 0.25) is 0 Å². The van der Waals surface area contributed by atoms with Crippen LogP contribution in [0.2, 0.25) is 0 Å². The maximum absolute atomic E-state index is 9.81. The number of aromatic hydroxyl groups is 1. The zero-order valence-corrected chi connectivity index (χ0v) is 12.3. The molecule has 0 amide bonds. The first kappa shape index (κ1) is 14.0. The van der Waals surface area contributed by atoms with Crippen molar-refractivity contribution in [2.75, 3.05) is 12.0 Å². The lowest BCUT2D eigenvalue weighted by atomic mass is 10.2. The van der Waals surface area contributed by atoms with Crippen LogP contribution in [0.5, 0.6) is 11.5 Å². The third-order valence-electron chi connectivity index (χ3n) is 3.45. The minimum Gasteiger partial charge on any atom is -0.504 e. The highest BCUT2D eigenvalue weighted by atomic mass is 16.5. The molecular weight excluding hydrogens is 274 g/mol. The molecule has 0 radical (unpaired) electrons. The van der Waals surface area contributed by atoms with E-state index in [2.05, 4.69) is 4.90 Å². The van der Waals surface area contributed by atoms with Crippen LogP contribution in [0.4, 0.5) is 17.1 Å². The molecule has 3 rings (SSSR count). The van der Waals surface area contributed by atoms with Gasteiger partial charge in [0.05, 0.1) is 12.8 Å². The Balaban J connectivity index is 2.14. The monoisotopic (exact) mass is 291 g/mol. The molecule has 0 bridgehead atoms. The Morgan fingerprint density at radius 2 is 1.27 bits per heavy atom. The van der Waals surface area contributed by atoms with Crippen LogP contribution in [0.1, 0.15) is 0 Å². The summed E-state index contributed by atoms with van der Waals surface area (Å²) in [6, 6.07) is 25.5. The summed E-state index contributed by atoms with van der Waals surface area (Å²) < 4.78 is 5.23. The van der Waals surface area contributed by atoms with E-state index < -0.39 is 0 Å². The van der Waals surface area contributed by atoms with Gasteiger partial charge in [-0.1, -0.05) is 36.4 Å². The average molecular weight is 291 g/mol. The number of phenolic OH excluding ortho intramolecular Hbond substituents is 1. The number of para-hydroxylation sites is 2. The van der Waals surface area contributed by atoms with Gasteiger partial charge in [-0.2, -0.15) is 0 Å². The second-order valence-electron chi connectivity index (χ2n) is 4.86. The molecular formula is C19H17NO2. The van der Waals surface area contributed by atoms with Gasteiger partial charge in [-0.3, -0.25) is 0 Å². The highest BCUT2D eigenvalue weighted by molar-refractivity contribution is 5.77. The van der Waals surface area contributed by atoms with Gasteiger partial charge in [0.1, 0.15) is 0 Å². The molecule has 0 saturated carbocycles. The Morgan fingerprint density at radius 1 is 0.727 bits per heavy atom. The fourth-order valence-electron chi connectivity index (χ4n) is 2.41. The molecule has 0 aliphatic rings. The quantitative estimate of drug-likeness (QED) is 0.744. The molecule has 0 unspecified atom stereocenters. The van der Waals surface area contributed by atoms with Crippen LogP contribution in [-0.2, 0) is 0 Å². The van der Waals surface area contributed by atoms with Crippen LogP contribution in [0, 0.1) is 0 Å². The molecule has 0 aliphatic carbocycles. The molecule has 0 spiro atoms. The number of phenols is 1. The first-order valence-electron chi connectivity index (χ1n) is 7.07. The second kappa shape index (κ2) is 6.22. The fourth-order valence-corrected chi connectivity index (χ4v) is 2.41. The largest absolute Gasteiger partial charge is 0.504 e. The average Bonchev–Trinajstić information content (AvgIpc) is 2.58.